The number of carbonyl (C=O) groups is 2. The van der Waals surface area contributed by atoms with Gasteiger partial charge < -0.3 is 15.2 Å². The number of rotatable bonds is 6. The zero-order chi connectivity index (χ0) is 12.8. The van der Waals surface area contributed by atoms with E-state index in [-0.39, 0.29) is 5.91 Å². The maximum atomic E-state index is 11.6. The number of ether oxygens (including phenoxy) is 1. The molecular weight excluding hydrogens is 222 g/mol. The van der Waals surface area contributed by atoms with E-state index in [1.807, 2.05) is 0 Å². The van der Waals surface area contributed by atoms with E-state index in [0.717, 1.165) is 12.8 Å². The zero-order valence-electron chi connectivity index (χ0n) is 10.4. The van der Waals surface area contributed by atoms with Gasteiger partial charge in [0.25, 0.3) is 0 Å². The Morgan fingerprint density at radius 2 is 2.00 bits per heavy atom. The number of hydrogen-bond donors (Lipinski definition) is 2. The van der Waals surface area contributed by atoms with Crippen LogP contribution in [0.3, 0.4) is 0 Å². The fourth-order valence-electron chi connectivity index (χ4n) is 1.85. The summed E-state index contributed by atoms with van der Waals surface area (Å²) in [5, 5.41) is 11.5. The molecule has 0 bridgehead atoms. The van der Waals surface area contributed by atoms with Gasteiger partial charge in [-0.2, -0.15) is 0 Å². The van der Waals surface area contributed by atoms with Gasteiger partial charge in [0.05, 0.1) is 0 Å². The van der Waals surface area contributed by atoms with Gasteiger partial charge in [-0.05, 0) is 31.6 Å². The molecule has 17 heavy (non-hydrogen) atoms. The van der Waals surface area contributed by atoms with Crippen LogP contribution in [0.15, 0.2) is 0 Å². The van der Waals surface area contributed by atoms with Gasteiger partial charge in [0.1, 0.15) is 6.10 Å². The second kappa shape index (κ2) is 6.59. The van der Waals surface area contributed by atoms with E-state index in [4.69, 9.17) is 9.84 Å². The average Bonchev–Trinajstić information content (AvgIpc) is 2.73. The molecule has 1 saturated heterocycles. The first-order valence-electron chi connectivity index (χ1n) is 6.16. The maximum Gasteiger partial charge on any atom is 0.332 e. The van der Waals surface area contributed by atoms with Gasteiger partial charge >= 0.3 is 5.97 Å². The van der Waals surface area contributed by atoms with Crippen molar-refractivity contribution >= 4 is 11.9 Å². The normalized spacial score (nSPS) is 23.9. The second-order valence-electron chi connectivity index (χ2n) is 4.86. The molecule has 0 radical (unpaired) electrons. The number of aliphatic carboxylic acids is 1. The summed E-state index contributed by atoms with van der Waals surface area (Å²) in [4.78, 5) is 22.3. The topological polar surface area (TPSA) is 75.6 Å². The number of nitrogens with one attached hydrogen (secondary N) is 1. The molecule has 2 unspecified atom stereocenters. The van der Waals surface area contributed by atoms with Gasteiger partial charge in [0.15, 0.2) is 6.10 Å². The number of carboxylic acids is 1. The monoisotopic (exact) mass is 243 g/mol. The van der Waals surface area contributed by atoms with E-state index < -0.39 is 18.2 Å². The first kappa shape index (κ1) is 14.0. The minimum atomic E-state index is -0.986. The first-order chi connectivity index (χ1) is 8.00. The Morgan fingerprint density at radius 1 is 1.35 bits per heavy atom. The number of carbonyl (C=O) groups excluding carboxylic acids is 1. The molecule has 98 valence electrons. The highest BCUT2D eigenvalue weighted by Gasteiger charge is 2.34. The summed E-state index contributed by atoms with van der Waals surface area (Å²) in [5.41, 5.74) is 0. The Bertz CT molecular complexity index is 278. The Balaban J connectivity index is 2.19. The highest BCUT2D eigenvalue weighted by atomic mass is 16.5. The summed E-state index contributed by atoms with van der Waals surface area (Å²) in [6.45, 7) is 4.91. The van der Waals surface area contributed by atoms with Crippen LogP contribution in [-0.4, -0.2) is 35.7 Å². The summed E-state index contributed by atoms with van der Waals surface area (Å²) in [5.74, 6) is -0.538. The van der Waals surface area contributed by atoms with Crippen LogP contribution < -0.4 is 5.32 Å². The third-order valence-electron chi connectivity index (χ3n) is 2.84. The van der Waals surface area contributed by atoms with Crippen LogP contribution in [0.4, 0.5) is 0 Å². The van der Waals surface area contributed by atoms with Gasteiger partial charge in [-0.1, -0.05) is 13.8 Å². The Hall–Kier alpha value is -1.10. The van der Waals surface area contributed by atoms with Crippen molar-refractivity contribution in [3.63, 3.8) is 0 Å². The van der Waals surface area contributed by atoms with Crippen molar-refractivity contribution < 1.29 is 19.4 Å². The van der Waals surface area contributed by atoms with E-state index in [1.54, 1.807) is 0 Å². The Kier molecular flexibility index (Phi) is 5.41. The zero-order valence-corrected chi connectivity index (χ0v) is 10.4. The van der Waals surface area contributed by atoms with E-state index in [1.165, 1.54) is 0 Å². The quantitative estimate of drug-likeness (QED) is 0.687. The largest absolute Gasteiger partial charge is 0.479 e. The molecule has 1 amide bonds. The van der Waals surface area contributed by atoms with Gasteiger partial charge in [0, 0.05) is 6.54 Å². The van der Waals surface area contributed by atoms with Crippen LogP contribution in [0.2, 0.25) is 0 Å². The second-order valence-corrected chi connectivity index (χ2v) is 4.86. The highest BCUT2D eigenvalue weighted by Crippen LogP contribution is 2.19. The fourth-order valence-corrected chi connectivity index (χ4v) is 1.85. The summed E-state index contributed by atoms with van der Waals surface area (Å²) in [6.07, 6.45) is 1.52. The molecule has 1 rings (SSSR count). The molecular formula is C12H21NO4. The van der Waals surface area contributed by atoms with Crippen LogP contribution in [0.1, 0.15) is 39.5 Å². The average molecular weight is 243 g/mol. The van der Waals surface area contributed by atoms with Crippen molar-refractivity contribution in [3.8, 4) is 0 Å². The van der Waals surface area contributed by atoms with E-state index in [9.17, 15) is 9.59 Å². The molecule has 0 aromatic heterocycles. The van der Waals surface area contributed by atoms with Gasteiger partial charge in [-0.15, -0.1) is 0 Å². The van der Waals surface area contributed by atoms with Crippen LogP contribution in [0, 0.1) is 5.92 Å². The molecule has 2 N–H and O–H groups in total. The molecule has 1 fully saturated rings. The lowest BCUT2D eigenvalue weighted by molar-refractivity contribution is -0.151. The molecule has 0 aliphatic carbocycles. The highest BCUT2D eigenvalue weighted by molar-refractivity contribution is 5.82. The Morgan fingerprint density at radius 3 is 2.53 bits per heavy atom. The standard InChI is InChI=1S/C12H21NO4/c1-8(2)4-3-7-13-11(14)9-5-6-10(17-9)12(15)16/h8-10H,3-7H2,1-2H3,(H,13,14)(H,15,16). The summed E-state index contributed by atoms with van der Waals surface area (Å²) >= 11 is 0. The molecule has 0 spiro atoms. The van der Waals surface area contributed by atoms with Crippen molar-refractivity contribution in [2.24, 2.45) is 5.92 Å². The van der Waals surface area contributed by atoms with Crippen LogP contribution in [0.5, 0.6) is 0 Å². The molecule has 2 atom stereocenters. The lowest BCUT2D eigenvalue weighted by atomic mass is 10.1. The van der Waals surface area contributed by atoms with Gasteiger partial charge in [-0.25, -0.2) is 4.79 Å². The third kappa shape index (κ3) is 4.73. The summed E-state index contributed by atoms with van der Waals surface area (Å²) in [6, 6.07) is 0. The molecule has 1 heterocycles. The minimum Gasteiger partial charge on any atom is -0.479 e. The lowest BCUT2D eigenvalue weighted by Crippen LogP contribution is -2.36. The van der Waals surface area contributed by atoms with Crippen LogP contribution >= 0.6 is 0 Å². The van der Waals surface area contributed by atoms with E-state index >= 15 is 0 Å². The predicted molar refractivity (Wildman–Crippen MR) is 62.6 cm³/mol. The molecule has 0 aromatic carbocycles. The fraction of sp³-hybridized carbons (Fsp3) is 0.833. The smallest absolute Gasteiger partial charge is 0.332 e. The summed E-state index contributed by atoms with van der Waals surface area (Å²) < 4.78 is 5.15. The van der Waals surface area contributed by atoms with Crippen molar-refractivity contribution in [3.05, 3.63) is 0 Å². The number of hydrogen-bond acceptors (Lipinski definition) is 3. The van der Waals surface area contributed by atoms with Crippen molar-refractivity contribution in [1.29, 1.82) is 0 Å². The molecule has 1 aliphatic rings. The molecule has 1 aliphatic heterocycles. The van der Waals surface area contributed by atoms with Crippen molar-refractivity contribution in [1.82, 2.24) is 5.32 Å². The van der Waals surface area contributed by atoms with Crippen molar-refractivity contribution in [2.75, 3.05) is 6.54 Å². The van der Waals surface area contributed by atoms with Gasteiger partial charge in [0.2, 0.25) is 5.91 Å². The number of carboxylic acid groups (broad SMARTS) is 1. The molecule has 0 aromatic rings. The maximum absolute atomic E-state index is 11.6. The van der Waals surface area contributed by atoms with Gasteiger partial charge in [-0.3, -0.25) is 4.79 Å². The van der Waals surface area contributed by atoms with Crippen molar-refractivity contribution in [2.45, 2.75) is 51.7 Å². The predicted octanol–water partition coefficient (Wildman–Crippen LogP) is 1.17. The molecule has 0 saturated carbocycles. The Labute approximate surface area is 102 Å². The van der Waals surface area contributed by atoms with Crippen LogP contribution in [-0.2, 0) is 14.3 Å². The first-order valence-corrected chi connectivity index (χ1v) is 6.16. The minimum absolute atomic E-state index is 0.183. The SMILES string of the molecule is CC(C)CCCNC(=O)C1CCC(C(=O)O)O1. The lowest BCUT2D eigenvalue weighted by Gasteiger charge is -2.12. The molecule has 5 nitrogen and oxygen atoms in total. The number of amides is 1. The van der Waals surface area contributed by atoms with Crippen LogP contribution in [0.25, 0.3) is 0 Å². The van der Waals surface area contributed by atoms with E-state index in [0.29, 0.717) is 25.3 Å². The van der Waals surface area contributed by atoms with E-state index in [2.05, 4.69) is 19.2 Å². The third-order valence-corrected chi connectivity index (χ3v) is 2.84. The molecule has 5 heteroatoms. The summed E-state index contributed by atoms with van der Waals surface area (Å²) in [7, 11) is 0.